The molecule has 6 heteroatoms. The highest BCUT2D eigenvalue weighted by Gasteiger charge is 2.25. The van der Waals surface area contributed by atoms with Crippen LogP contribution in [0.1, 0.15) is 26.7 Å². The van der Waals surface area contributed by atoms with Gasteiger partial charge in [-0.1, -0.05) is 0 Å². The molecule has 0 saturated carbocycles. The first-order chi connectivity index (χ1) is 7.39. The van der Waals surface area contributed by atoms with Crippen LogP contribution in [0, 0.1) is 0 Å². The van der Waals surface area contributed by atoms with Gasteiger partial charge in [-0.15, -0.1) is 0 Å². The number of carbonyl (C=O) groups excluding carboxylic acids is 1. The summed E-state index contributed by atoms with van der Waals surface area (Å²) >= 11 is 0. The van der Waals surface area contributed by atoms with Gasteiger partial charge in [0.15, 0.2) is 0 Å². The highest BCUT2D eigenvalue weighted by Crippen LogP contribution is 2.08. The van der Waals surface area contributed by atoms with E-state index in [1.165, 1.54) is 0 Å². The van der Waals surface area contributed by atoms with Crippen LogP contribution in [-0.2, 0) is 9.53 Å². The summed E-state index contributed by atoms with van der Waals surface area (Å²) in [6, 6.07) is -0.317. The number of ether oxygens (including phenoxy) is 1. The van der Waals surface area contributed by atoms with Crippen LogP contribution in [0.25, 0.3) is 0 Å². The van der Waals surface area contributed by atoms with Crippen molar-refractivity contribution in [2.24, 2.45) is 0 Å². The van der Waals surface area contributed by atoms with Crippen molar-refractivity contribution < 1.29 is 19.4 Å². The minimum absolute atomic E-state index is 0.0284. The van der Waals surface area contributed by atoms with Gasteiger partial charge in [-0.2, -0.15) is 0 Å². The molecule has 6 nitrogen and oxygen atoms in total. The molecule has 0 aliphatic carbocycles. The number of carbonyl (C=O) groups is 2. The fourth-order valence-electron chi connectivity index (χ4n) is 1.60. The summed E-state index contributed by atoms with van der Waals surface area (Å²) in [6.45, 7) is 4.52. The zero-order valence-corrected chi connectivity index (χ0v) is 9.58. The maximum Gasteiger partial charge on any atom is 0.315 e. The Morgan fingerprint density at radius 3 is 2.69 bits per heavy atom. The van der Waals surface area contributed by atoms with Crippen molar-refractivity contribution in [1.82, 2.24) is 10.6 Å². The van der Waals surface area contributed by atoms with Gasteiger partial charge in [-0.05, 0) is 20.3 Å². The molecule has 1 aliphatic rings. The molecule has 0 aromatic carbocycles. The highest BCUT2D eigenvalue weighted by atomic mass is 16.5. The van der Waals surface area contributed by atoms with Gasteiger partial charge >= 0.3 is 12.0 Å². The van der Waals surface area contributed by atoms with E-state index in [9.17, 15) is 9.59 Å². The van der Waals surface area contributed by atoms with Crippen molar-refractivity contribution in [2.45, 2.75) is 38.3 Å². The fraction of sp³-hybridized carbons (Fsp3) is 0.800. The molecule has 1 fully saturated rings. The predicted octanol–water partition coefficient (Wildman–Crippen LogP) is 0.328. The van der Waals surface area contributed by atoms with Crippen molar-refractivity contribution in [1.29, 1.82) is 0 Å². The Morgan fingerprint density at radius 1 is 1.50 bits per heavy atom. The van der Waals surface area contributed by atoms with Crippen LogP contribution in [0.15, 0.2) is 0 Å². The lowest BCUT2D eigenvalue weighted by atomic mass is 10.0. The number of rotatable bonds is 4. The molecule has 1 atom stereocenters. The summed E-state index contributed by atoms with van der Waals surface area (Å²) in [5.41, 5.74) is -0.755. The van der Waals surface area contributed by atoms with Gasteiger partial charge in [0.2, 0.25) is 0 Å². The molecular formula is C10H18N2O4. The summed E-state index contributed by atoms with van der Waals surface area (Å²) in [5, 5.41) is 14.0. The molecule has 0 aromatic rings. The van der Waals surface area contributed by atoms with E-state index in [1.54, 1.807) is 13.8 Å². The highest BCUT2D eigenvalue weighted by molar-refractivity contribution is 5.76. The molecule has 1 saturated heterocycles. The molecular weight excluding hydrogens is 212 g/mol. The van der Waals surface area contributed by atoms with Crippen LogP contribution < -0.4 is 10.6 Å². The monoisotopic (exact) mass is 230 g/mol. The number of amides is 2. The van der Waals surface area contributed by atoms with Gasteiger partial charge < -0.3 is 20.5 Å². The second-order valence-electron chi connectivity index (χ2n) is 4.61. The first-order valence-electron chi connectivity index (χ1n) is 5.27. The van der Waals surface area contributed by atoms with Gasteiger partial charge in [-0.25, -0.2) is 4.79 Å². The molecule has 0 bridgehead atoms. The van der Waals surface area contributed by atoms with Gasteiger partial charge in [0.05, 0.1) is 19.1 Å². The summed E-state index contributed by atoms with van der Waals surface area (Å²) in [4.78, 5) is 22.1. The Kier molecular flexibility index (Phi) is 4.12. The fourth-order valence-corrected chi connectivity index (χ4v) is 1.60. The van der Waals surface area contributed by atoms with E-state index in [-0.39, 0.29) is 18.5 Å². The SMILES string of the molecule is CC(C)(CC(=O)O)NC(=O)NC1CCOC1. The minimum Gasteiger partial charge on any atom is -0.481 e. The summed E-state index contributed by atoms with van der Waals surface area (Å²) in [7, 11) is 0. The number of urea groups is 1. The first-order valence-corrected chi connectivity index (χ1v) is 5.27. The van der Waals surface area contributed by atoms with E-state index in [0.29, 0.717) is 13.2 Å². The Labute approximate surface area is 94.3 Å². The van der Waals surface area contributed by atoms with E-state index in [2.05, 4.69) is 10.6 Å². The maximum atomic E-state index is 11.5. The van der Waals surface area contributed by atoms with Gasteiger partial charge in [0.25, 0.3) is 0 Å². The summed E-state index contributed by atoms with van der Waals surface area (Å²) in [5.74, 6) is -0.936. The standard InChI is InChI=1S/C10H18N2O4/c1-10(2,5-8(13)14)12-9(15)11-7-3-4-16-6-7/h7H,3-6H2,1-2H3,(H,13,14)(H2,11,12,15). The predicted molar refractivity (Wildman–Crippen MR) is 57.2 cm³/mol. The lowest BCUT2D eigenvalue weighted by Gasteiger charge is -2.25. The summed E-state index contributed by atoms with van der Waals surface area (Å²) in [6.07, 6.45) is 0.689. The Bertz CT molecular complexity index is 272. The second kappa shape index (κ2) is 5.16. The van der Waals surface area contributed by atoms with Crippen LogP contribution in [0.2, 0.25) is 0 Å². The number of aliphatic carboxylic acids is 1. The van der Waals surface area contributed by atoms with E-state index in [0.717, 1.165) is 6.42 Å². The van der Waals surface area contributed by atoms with E-state index >= 15 is 0 Å². The third-order valence-corrected chi connectivity index (χ3v) is 2.31. The largest absolute Gasteiger partial charge is 0.481 e. The lowest BCUT2D eigenvalue weighted by Crippen LogP contribution is -2.51. The average Bonchev–Trinajstić information content (AvgIpc) is 2.51. The van der Waals surface area contributed by atoms with E-state index in [4.69, 9.17) is 9.84 Å². The Hall–Kier alpha value is -1.30. The zero-order valence-electron chi connectivity index (χ0n) is 9.58. The molecule has 0 radical (unpaired) electrons. The topological polar surface area (TPSA) is 87.7 Å². The zero-order chi connectivity index (χ0) is 12.2. The minimum atomic E-state index is -0.936. The molecule has 16 heavy (non-hydrogen) atoms. The van der Waals surface area contributed by atoms with Crippen LogP contribution in [-0.4, -0.2) is 41.9 Å². The third kappa shape index (κ3) is 4.48. The summed E-state index contributed by atoms with van der Waals surface area (Å²) < 4.78 is 5.12. The Morgan fingerprint density at radius 2 is 2.19 bits per heavy atom. The van der Waals surface area contributed by atoms with Crippen molar-refractivity contribution in [2.75, 3.05) is 13.2 Å². The molecule has 1 aliphatic heterocycles. The molecule has 1 heterocycles. The lowest BCUT2D eigenvalue weighted by molar-refractivity contribution is -0.138. The van der Waals surface area contributed by atoms with Crippen molar-refractivity contribution >= 4 is 12.0 Å². The van der Waals surface area contributed by atoms with Crippen LogP contribution in [0.3, 0.4) is 0 Å². The number of carboxylic acids is 1. The van der Waals surface area contributed by atoms with Gasteiger partial charge in [0.1, 0.15) is 0 Å². The van der Waals surface area contributed by atoms with Gasteiger partial charge in [0, 0.05) is 12.1 Å². The van der Waals surface area contributed by atoms with E-state index < -0.39 is 11.5 Å². The first kappa shape index (κ1) is 12.8. The third-order valence-electron chi connectivity index (χ3n) is 2.31. The van der Waals surface area contributed by atoms with Crippen molar-refractivity contribution in [3.05, 3.63) is 0 Å². The van der Waals surface area contributed by atoms with Crippen LogP contribution in [0.4, 0.5) is 4.79 Å². The molecule has 1 unspecified atom stereocenters. The molecule has 3 N–H and O–H groups in total. The number of hydrogen-bond acceptors (Lipinski definition) is 3. The van der Waals surface area contributed by atoms with Crippen LogP contribution >= 0.6 is 0 Å². The van der Waals surface area contributed by atoms with Gasteiger partial charge in [-0.3, -0.25) is 4.79 Å². The number of carboxylic acid groups (broad SMARTS) is 1. The number of nitrogens with one attached hydrogen (secondary N) is 2. The van der Waals surface area contributed by atoms with Crippen molar-refractivity contribution in [3.8, 4) is 0 Å². The molecule has 0 spiro atoms. The second-order valence-corrected chi connectivity index (χ2v) is 4.61. The van der Waals surface area contributed by atoms with Crippen molar-refractivity contribution in [3.63, 3.8) is 0 Å². The molecule has 92 valence electrons. The van der Waals surface area contributed by atoms with Crippen LogP contribution in [0.5, 0.6) is 0 Å². The molecule has 2 amide bonds. The smallest absolute Gasteiger partial charge is 0.315 e. The molecule has 0 aromatic heterocycles. The Balaban J connectivity index is 2.34. The quantitative estimate of drug-likeness (QED) is 0.649. The van der Waals surface area contributed by atoms with E-state index in [1.807, 2.05) is 0 Å². The number of hydrogen-bond donors (Lipinski definition) is 3. The average molecular weight is 230 g/mol. The molecule has 1 rings (SSSR count). The normalized spacial score (nSPS) is 20.5. The maximum absolute atomic E-state index is 11.5.